The Kier molecular flexibility index (Phi) is 5.01. The number of amides is 1. The van der Waals surface area contributed by atoms with Gasteiger partial charge < -0.3 is 10.5 Å². The zero-order valence-electron chi connectivity index (χ0n) is 9.39. The number of carbonyl (C=O) groups is 1. The van der Waals surface area contributed by atoms with Crippen LogP contribution in [0.5, 0.6) is 5.75 Å². The molecule has 1 aromatic carbocycles. The quantitative estimate of drug-likeness (QED) is 0.816. The first kappa shape index (κ1) is 15.3. The van der Waals surface area contributed by atoms with E-state index in [-0.39, 0.29) is 11.5 Å². The van der Waals surface area contributed by atoms with Crippen LogP contribution in [0, 0.1) is 5.92 Å². The molecule has 0 fully saturated rings. The van der Waals surface area contributed by atoms with Crippen molar-refractivity contribution >= 4 is 41.6 Å². The lowest BCUT2D eigenvalue weighted by Gasteiger charge is -2.11. The number of ether oxygens (including phenoxy) is 1. The Balaban J connectivity index is 2.84. The van der Waals surface area contributed by atoms with Crippen LogP contribution in [-0.4, -0.2) is 20.9 Å². The van der Waals surface area contributed by atoms with Gasteiger partial charge in [-0.25, -0.2) is 8.42 Å². The molecule has 8 heteroatoms. The zero-order chi connectivity index (χ0) is 13.9. The van der Waals surface area contributed by atoms with Crippen molar-refractivity contribution in [2.75, 3.05) is 6.61 Å². The second kappa shape index (κ2) is 5.90. The molecule has 2 N–H and O–H groups in total. The lowest BCUT2D eigenvalue weighted by molar-refractivity contribution is -0.122. The van der Waals surface area contributed by atoms with E-state index < -0.39 is 20.9 Å². The van der Waals surface area contributed by atoms with Gasteiger partial charge in [0.2, 0.25) is 5.91 Å². The summed E-state index contributed by atoms with van der Waals surface area (Å²) in [4.78, 5) is 10.8. The second-order valence-electron chi connectivity index (χ2n) is 3.64. The first-order chi connectivity index (χ1) is 8.21. The van der Waals surface area contributed by atoms with Gasteiger partial charge in [0, 0.05) is 10.7 Å². The molecule has 0 aliphatic heterocycles. The second-order valence-corrected chi connectivity index (χ2v) is 7.06. The molecule has 0 aliphatic rings. The highest BCUT2D eigenvalue weighted by Gasteiger charge is 2.14. The minimum Gasteiger partial charge on any atom is -0.492 e. The van der Waals surface area contributed by atoms with E-state index in [4.69, 9.17) is 21.2 Å². The maximum atomic E-state index is 11.1. The summed E-state index contributed by atoms with van der Waals surface area (Å²) in [6, 6.07) is 4.09. The van der Waals surface area contributed by atoms with E-state index in [0.717, 1.165) is 0 Å². The molecule has 1 aromatic rings. The summed E-state index contributed by atoms with van der Waals surface area (Å²) in [5.74, 6) is -0.494. The normalized spacial score (nSPS) is 13.1. The third-order valence-corrected chi connectivity index (χ3v) is 4.13. The highest BCUT2D eigenvalue weighted by Crippen LogP contribution is 2.29. The first-order valence-electron chi connectivity index (χ1n) is 4.88. The molecule has 1 rings (SSSR count). The minimum absolute atomic E-state index is 0.0358. The molecule has 1 unspecified atom stereocenters. The Morgan fingerprint density at radius 1 is 1.56 bits per heavy atom. The van der Waals surface area contributed by atoms with Gasteiger partial charge in [0.1, 0.15) is 5.75 Å². The van der Waals surface area contributed by atoms with Crippen LogP contribution in [0.4, 0.5) is 0 Å². The highest BCUT2D eigenvalue weighted by atomic mass is 79.9. The van der Waals surface area contributed by atoms with Gasteiger partial charge in [-0.2, -0.15) is 0 Å². The average Bonchev–Trinajstić information content (AvgIpc) is 2.25. The van der Waals surface area contributed by atoms with E-state index in [9.17, 15) is 13.2 Å². The van der Waals surface area contributed by atoms with Crippen molar-refractivity contribution in [1.82, 2.24) is 0 Å². The van der Waals surface area contributed by atoms with E-state index >= 15 is 0 Å². The number of nitrogens with two attached hydrogens (primary N) is 1. The molecule has 0 radical (unpaired) electrons. The molecule has 5 nitrogen and oxygen atoms in total. The van der Waals surface area contributed by atoms with Crippen molar-refractivity contribution in [3.05, 3.63) is 22.7 Å². The predicted molar refractivity (Wildman–Crippen MR) is 71.0 cm³/mol. The van der Waals surface area contributed by atoms with Gasteiger partial charge in [0.15, 0.2) is 0 Å². The van der Waals surface area contributed by atoms with Crippen LogP contribution in [0.3, 0.4) is 0 Å². The molecule has 100 valence electrons. The molecular weight excluding hydrogens is 346 g/mol. The predicted octanol–water partition coefficient (Wildman–Crippen LogP) is 1.88. The van der Waals surface area contributed by atoms with Crippen molar-refractivity contribution < 1.29 is 17.9 Å². The standard InChI is InChI=1S/C10H11BrClNO4S/c1-6(10(13)14)5-17-9-3-2-7(4-8(9)11)18(12,15)16/h2-4,6H,5H2,1H3,(H2,13,14). The molecule has 0 spiro atoms. The molecule has 0 saturated carbocycles. The summed E-state index contributed by atoms with van der Waals surface area (Å²) in [6.45, 7) is 1.74. The fourth-order valence-corrected chi connectivity index (χ4v) is 2.47. The molecule has 0 aliphatic carbocycles. The Hall–Kier alpha value is -0.790. The van der Waals surface area contributed by atoms with Gasteiger partial charge in [-0.1, -0.05) is 6.92 Å². The van der Waals surface area contributed by atoms with Crippen molar-refractivity contribution in [2.45, 2.75) is 11.8 Å². The number of hydrogen-bond acceptors (Lipinski definition) is 4. The fourth-order valence-electron chi connectivity index (χ4n) is 1.05. The van der Waals surface area contributed by atoms with Gasteiger partial charge in [-0.3, -0.25) is 4.79 Å². The maximum Gasteiger partial charge on any atom is 0.261 e. The number of primary amides is 1. The third kappa shape index (κ3) is 4.15. The smallest absolute Gasteiger partial charge is 0.261 e. The van der Waals surface area contributed by atoms with Gasteiger partial charge in [-0.05, 0) is 34.1 Å². The van der Waals surface area contributed by atoms with E-state index in [1.54, 1.807) is 6.92 Å². The fraction of sp³-hybridized carbons (Fsp3) is 0.300. The van der Waals surface area contributed by atoms with Crippen LogP contribution in [0.1, 0.15) is 6.92 Å². The van der Waals surface area contributed by atoms with Gasteiger partial charge in [-0.15, -0.1) is 0 Å². The monoisotopic (exact) mass is 355 g/mol. The minimum atomic E-state index is -3.77. The van der Waals surface area contributed by atoms with Crippen molar-refractivity contribution in [3.8, 4) is 5.75 Å². The summed E-state index contributed by atoms with van der Waals surface area (Å²) >= 11 is 3.16. The van der Waals surface area contributed by atoms with Crippen molar-refractivity contribution in [2.24, 2.45) is 11.7 Å². The Bertz CT molecular complexity index is 561. The topological polar surface area (TPSA) is 86.5 Å². The van der Waals surface area contributed by atoms with Crippen molar-refractivity contribution in [3.63, 3.8) is 0 Å². The molecule has 0 saturated heterocycles. The van der Waals surface area contributed by atoms with Crippen LogP contribution in [0.15, 0.2) is 27.6 Å². The van der Waals surface area contributed by atoms with Gasteiger partial charge in [0.25, 0.3) is 9.05 Å². The summed E-state index contributed by atoms with van der Waals surface area (Å²) in [5, 5.41) is 0. The summed E-state index contributed by atoms with van der Waals surface area (Å²) in [6.07, 6.45) is 0. The molecule has 18 heavy (non-hydrogen) atoms. The number of rotatable bonds is 5. The van der Waals surface area contributed by atoms with E-state index in [0.29, 0.717) is 10.2 Å². The van der Waals surface area contributed by atoms with Crippen LogP contribution in [0.25, 0.3) is 0 Å². The average molecular weight is 357 g/mol. The Morgan fingerprint density at radius 3 is 2.61 bits per heavy atom. The summed E-state index contributed by atoms with van der Waals surface area (Å²) in [5.41, 5.74) is 5.09. The maximum absolute atomic E-state index is 11.1. The van der Waals surface area contributed by atoms with Crippen LogP contribution in [-0.2, 0) is 13.8 Å². The number of hydrogen-bond donors (Lipinski definition) is 1. The van der Waals surface area contributed by atoms with Gasteiger partial charge in [0.05, 0.1) is 21.9 Å². The molecule has 0 bridgehead atoms. The molecule has 1 amide bonds. The summed E-state index contributed by atoms with van der Waals surface area (Å²) in [7, 11) is 1.43. The SMILES string of the molecule is CC(COc1ccc(S(=O)(=O)Cl)cc1Br)C(N)=O. The summed E-state index contributed by atoms with van der Waals surface area (Å²) < 4.78 is 28.0. The molecule has 1 atom stereocenters. The molecule has 0 heterocycles. The van der Waals surface area contributed by atoms with Crippen LogP contribution >= 0.6 is 26.6 Å². The van der Waals surface area contributed by atoms with E-state index in [1.165, 1.54) is 18.2 Å². The molecular formula is C10H11BrClNO4S. The lowest BCUT2D eigenvalue weighted by Crippen LogP contribution is -2.25. The van der Waals surface area contributed by atoms with E-state index in [1.807, 2.05) is 0 Å². The molecule has 0 aromatic heterocycles. The van der Waals surface area contributed by atoms with Crippen LogP contribution < -0.4 is 10.5 Å². The number of carbonyl (C=O) groups excluding carboxylic acids is 1. The van der Waals surface area contributed by atoms with E-state index in [2.05, 4.69) is 15.9 Å². The third-order valence-electron chi connectivity index (χ3n) is 2.16. The Labute approximate surface area is 118 Å². The lowest BCUT2D eigenvalue weighted by atomic mass is 10.2. The van der Waals surface area contributed by atoms with Crippen LogP contribution in [0.2, 0.25) is 0 Å². The van der Waals surface area contributed by atoms with Gasteiger partial charge >= 0.3 is 0 Å². The number of benzene rings is 1. The highest BCUT2D eigenvalue weighted by molar-refractivity contribution is 9.10. The largest absolute Gasteiger partial charge is 0.492 e. The first-order valence-corrected chi connectivity index (χ1v) is 7.98. The zero-order valence-corrected chi connectivity index (χ0v) is 12.5. The number of halogens is 2. The van der Waals surface area contributed by atoms with Crippen molar-refractivity contribution in [1.29, 1.82) is 0 Å². The Morgan fingerprint density at radius 2 is 2.17 bits per heavy atom.